The molecule has 0 atom stereocenters. The molecule has 0 aliphatic rings. The number of ether oxygens (including phenoxy) is 1. The average Bonchev–Trinajstić information content (AvgIpc) is 2.48. The average molecular weight is 366 g/mol. The van der Waals surface area contributed by atoms with Gasteiger partial charge in [-0.1, -0.05) is 25.4 Å². The normalized spacial score (nSPS) is 12.2. The van der Waals surface area contributed by atoms with Crippen molar-refractivity contribution in [1.29, 1.82) is 0 Å². The lowest BCUT2D eigenvalue weighted by Crippen LogP contribution is -2.15. The van der Waals surface area contributed by atoms with Gasteiger partial charge >= 0.3 is 6.18 Å². The zero-order valence-corrected chi connectivity index (χ0v) is 15.1. The van der Waals surface area contributed by atoms with Crippen LogP contribution in [0.25, 0.3) is 0 Å². The van der Waals surface area contributed by atoms with E-state index in [9.17, 15) is 13.2 Å². The van der Waals surface area contributed by atoms with Gasteiger partial charge in [0.2, 0.25) is 5.88 Å². The second-order valence-corrected chi connectivity index (χ2v) is 6.25. The van der Waals surface area contributed by atoms with E-state index in [1.54, 1.807) is 11.9 Å². The van der Waals surface area contributed by atoms with Crippen molar-refractivity contribution in [1.82, 2.24) is 9.88 Å². The van der Waals surface area contributed by atoms with Crippen molar-refractivity contribution in [3.8, 4) is 5.88 Å². The second-order valence-electron chi connectivity index (χ2n) is 5.84. The summed E-state index contributed by atoms with van der Waals surface area (Å²) >= 11 is 6.00. The van der Waals surface area contributed by atoms with Crippen molar-refractivity contribution in [2.75, 3.05) is 20.2 Å². The Labute approximate surface area is 145 Å². The number of pyridine rings is 1. The maximum absolute atomic E-state index is 13.2. The summed E-state index contributed by atoms with van der Waals surface area (Å²) in [7, 11) is 1.71. The van der Waals surface area contributed by atoms with E-state index in [0.29, 0.717) is 12.5 Å². The van der Waals surface area contributed by atoms with Crippen molar-refractivity contribution < 1.29 is 17.9 Å². The van der Waals surface area contributed by atoms with E-state index in [1.807, 2.05) is 6.92 Å². The maximum Gasteiger partial charge on any atom is 0.435 e. The molecule has 0 aliphatic carbocycles. The molecule has 24 heavy (non-hydrogen) atoms. The van der Waals surface area contributed by atoms with Gasteiger partial charge in [-0.3, -0.25) is 0 Å². The minimum Gasteiger partial charge on any atom is -0.477 e. The Kier molecular flexibility index (Phi) is 7.79. The molecule has 136 valence electrons. The number of hydrogen-bond acceptors (Lipinski definition) is 3. The van der Waals surface area contributed by atoms with Crippen LogP contribution in [-0.4, -0.2) is 36.4 Å². The van der Waals surface area contributed by atoms with Gasteiger partial charge < -0.3 is 9.64 Å². The minimum atomic E-state index is -4.64. The van der Waals surface area contributed by atoms with E-state index in [2.05, 4.69) is 23.8 Å². The van der Waals surface area contributed by atoms with E-state index in [0.717, 1.165) is 18.9 Å². The van der Waals surface area contributed by atoms with Crippen LogP contribution < -0.4 is 4.74 Å². The summed E-state index contributed by atoms with van der Waals surface area (Å²) in [6.07, 6.45) is -1.70. The highest BCUT2D eigenvalue weighted by molar-refractivity contribution is 6.32. The molecule has 0 spiro atoms. The fourth-order valence-electron chi connectivity index (χ4n) is 1.77. The summed E-state index contributed by atoms with van der Waals surface area (Å²) in [6, 6.07) is 1.13. The van der Waals surface area contributed by atoms with Gasteiger partial charge in [0.05, 0.1) is 18.6 Å². The molecule has 0 aromatic carbocycles. The Morgan fingerprint density at radius 3 is 2.62 bits per heavy atom. The summed E-state index contributed by atoms with van der Waals surface area (Å²) in [6.45, 7) is 6.86. The van der Waals surface area contributed by atoms with E-state index >= 15 is 0 Å². The number of hydrogen-bond donors (Lipinski definition) is 0. The van der Waals surface area contributed by atoms with Crippen LogP contribution in [0.15, 0.2) is 11.1 Å². The molecule has 0 fully saturated rings. The van der Waals surface area contributed by atoms with Gasteiger partial charge in [0.1, 0.15) is 5.02 Å². The Balaban J connectivity index is 3.02. The van der Waals surface area contributed by atoms with Crippen LogP contribution in [0, 0.1) is 5.92 Å². The topological polar surface area (TPSA) is 37.7 Å². The van der Waals surface area contributed by atoms with Crippen LogP contribution in [0.1, 0.15) is 39.3 Å². The van der Waals surface area contributed by atoms with Crippen LogP contribution in [-0.2, 0) is 6.18 Å². The summed E-state index contributed by atoms with van der Waals surface area (Å²) in [5.74, 6) is 0.283. The lowest BCUT2D eigenvalue weighted by atomic mass is 10.1. The molecule has 0 unspecified atom stereocenters. The predicted molar refractivity (Wildman–Crippen MR) is 90.3 cm³/mol. The van der Waals surface area contributed by atoms with Gasteiger partial charge in [-0.2, -0.15) is 13.2 Å². The van der Waals surface area contributed by atoms with Crippen molar-refractivity contribution in [3.63, 3.8) is 0 Å². The first-order chi connectivity index (χ1) is 11.1. The number of alkyl halides is 3. The zero-order valence-electron chi connectivity index (χ0n) is 14.3. The van der Waals surface area contributed by atoms with Crippen LogP contribution in [0.3, 0.4) is 0 Å². The van der Waals surface area contributed by atoms with Crippen molar-refractivity contribution >= 4 is 23.6 Å². The third-order valence-corrected chi connectivity index (χ3v) is 3.52. The van der Waals surface area contributed by atoms with Crippen molar-refractivity contribution in [2.45, 2.75) is 39.8 Å². The molecule has 1 heterocycles. The molecule has 0 radical (unpaired) electrons. The molecule has 1 aromatic rings. The molecule has 1 aromatic heterocycles. The summed E-state index contributed by atoms with van der Waals surface area (Å²) in [5, 5.41) is 0.0128. The Bertz CT molecular complexity index is 562. The maximum atomic E-state index is 13.2. The van der Waals surface area contributed by atoms with Gasteiger partial charge in [0.25, 0.3) is 0 Å². The third-order valence-electron chi connectivity index (χ3n) is 3.25. The molecule has 8 heteroatoms. The van der Waals surface area contributed by atoms with Crippen molar-refractivity contribution in [2.24, 2.45) is 10.9 Å². The molecule has 0 saturated carbocycles. The van der Waals surface area contributed by atoms with Gasteiger partial charge in [0.15, 0.2) is 5.69 Å². The smallest absolute Gasteiger partial charge is 0.435 e. The number of halogens is 4. The van der Waals surface area contributed by atoms with Gasteiger partial charge in [-0.25, -0.2) is 9.98 Å². The largest absolute Gasteiger partial charge is 0.477 e. The number of aliphatic imine (C=N–C) groups is 1. The highest BCUT2D eigenvalue weighted by Crippen LogP contribution is 2.39. The lowest BCUT2D eigenvalue weighted by molar-refractivity contribution is -0.140. The van der Waals surface area contributed by atoms with E-state index < -0.39 is 11.9 Å². The van der Waals surface area contributed by atoms with Crippen LogP contribution in [0.4, 0.5) is 18.9 Å². The Morgan fingerprint density at radius 2 is 2.08 bits per heavy atom. The fraction of sp³-hybridized carbons (Fsp3) is 0.625. The SMILES string of the molecule is CCN(C)/C=N/c1cc(Cl)c(OCCCC(C)C)nc1C(F)(F)F. The lowest BCUT2D eigenvalue weighted by Gasteiger charge is -2.14. The van der Waals surface area contributed by atoms with E-state index in [1.165, 1.54) is 6.34 Å². The van der Waals surface area contributed by atoms with Crippen LogP contribution in [0.2, 0.25) is 5.02 Å². The molecular formula is C16H23ClF3N3O. The molecular weight excluding hydrogens is 343 g/mol. The second kappa shape index (κ2) is 9.11. The highest BCUT2D eigenvalue weighted by atomic mass is 35.5. The van der Waals surface area contributed by atoms with Crippen LogP contribution >= 0.6 is 11.6 Å². The first-order valence-corrected chi connectivity index (χ1v) is 8.17. The summed E-state index contributed by atoms with van der Waals surface area (Å²) < 4.78 is 45.0. The van der Waals surface area contributed by atoms with Crippen molar-refractivity contribution in [3.05, 3.63) is 16.8 Å². The monoisotopic (exact) mass is 365 g/mol. The number of nitrogens with zero attached hydrogens (tertiary/aromatic N) is 3. The van der Waals surface area contributed by atoms with Gasteiger partial charge in [-0.15, -0.1) is 0 Å². The molecule has 0 N–H and O–H groups in total. The molecule has 4 nitrogen and oxygen atoms in total. The zero-order chi connectivity index (χ0) is 18.3. The van der Waals surface area contributed by atoms with E-state index in [-0.39, 0.29) is 23.2 Å². The first kappa shape index (κ1) is 20.5. The summed E-state index contributed by atoms with van der Waals surface area (Å²) in [5.41, 5.74) is -1.44. The first-order valence-electron chi connectivity index (χ1n) is 7.80. The molecule has 0 aliphatic heterocycles. The predicted octanol–water partition coefficient (Wildman–Crippen LogP) is 5.18. The standard InChI is InChI=1S/C16H23ClF3N3O/c1-5-23(4)10-21-13-9-12(17)15(22-14(13)16(18,19)20)24-8-6-7-11(2)3/h9-11H,5-8H2,1-4H3/b21-10+. The molecule has 0 bridgehead atoms. The number of rotatable bonds is 8. The third kappa shape index (κ3) is 6.55. The molecule has 1 rings (SSSR count). The fourth-order valence-corrected chi connectivity index (χ4v) is 1.97. The van der Waals surface area contributed by atoms with Crippen LogP contribution in [0.5, 0.6) is 5.88 Å². The Morgan fingerprint density at radius 1 is 1.42 bits per heavy atom. The summed E-state index contributed by atoms with van der Waals surface area (Å²) in [4.78, 5) is 9.04. The Hall–Kier alpha value is -1.50. The van der Waals surface area contributed by atoms with Gasteiger partial charge in [0, 0.05) is 13.6 Å². The molecule has 0 amide bonds. The van der Waals surface area contributed by atoms with E-state index in [4.69, 9.17) is 16.3 Å². The van der Waals surface area contributed by atoms with Gasteiger partial charge in [-0.05, 0) is 31.7 Å². The minimum absolute atomic E-state index is 0.0128. The molecule has 0 saturated heterocycles. The number of aromatic nitrogens is 1. The quantitative estimate of drug-likeness (QED) is 0.362. The highest BCUT2D eigenvalue weighted by Gasteiger charge is 2.37.